The number of nitrogens with one attached hydrogen (secondary N) is 1. The number of hydrogen-bond acceptors (Lipinski definition) is 2. The monoisotopic (exact) mass is 314 g/mol. The predicted molar refractivity (Wildman–Crippen MR) is 87.6 cm³/mol. The standard InChI is InChI=1S/C18H19FN2O2/c1-14(22)21(17-10-6-5-9-16(17)19)13-18(23)20-12-11-15-7-3-2-4-8-15/h2-10H,11-13H2,1H3,(H,20,23). The highest BCUT2D eigenvalue weighted by atomic mass is 19.1. The average Bonchev–Trinajstić information content (AvgIpc) is 2.54. The summed E-state index contributed by atoms with van der Waals surface area (Å²) in [5, 5.41) is 2.75. The van der Waals surface area contributed by atoms with Gasteiger partial charge in [0.2, 0.25) is 11.8 Å². The van der Waals surface area contributed by atoms with Crippen molar-refractivity contribution in [2.45, 2.75) is 13.3 Å². The summed E-state index contributed by atoms with van der Waals surface area (Å²) in [5.41, 5.74) is 1.23. The molecule has 0 aliphatic rings. The Morgan fingerprint density at radius 1 is 1.04 bits per heavy atom. The van der Waals surface area contributed by atoms with Crippen LogP contribution >= 0.6 is 0 Å². The molecule has 2 rings (SSSR count). The molecule has 0 fully saturated rings. The fraction of sp³-hybridized carbons (Fsp3) is 0.222. The van der Waals surface area contributed by atoms with E-state index in [1.54, 1.807) is 6.07 Å². The Kier molecular flexibility index (Phi) is 5.86. The zero-order valence-electron chi connectivity index (χ0n) is 13.0. The fourth-order valence-electron chi connectivity index (χ4n) is 2.23. The van der Waals surface area contributed by atoms with Gasteiger partial charge in [0.1, 0.15) is 12.4 Å². The summed E-state index contributed by atoms with van der Waals surface area (Å²) < 4.78 is 13.8. The molecule has 0 atom stereocenters. The number of benzene rings is 2. The SMILES string of the molecule is CC(=O)N(CC(=O)NCCc1ccccc1)c1ccccc1F. The van der Waals surface area contributed by atoms with Crippen LogP contribution < -0.4 is 10.2 Å². The zero-order chi connectivity index (χ0) is 16.7. The third-order valence-corrected chi connectivity index (χ3v) is 3.40. The molecule has 5 heteroatoms. The molecule has 0 bridgehead atoms. The molecule has 0 saturated carbocycles. The van der Waals surface area contributed by atoms with E-state index < -0.39 is 5.82 Å². The van der Waals surface area contributed by atoms with Crippen molar-refractivity contribution in [2.24, 2.45) is 0 Å². The Morgan fingerprint density at radius 3 is 2.35 bits per heavy atom. The molecule has 0 aromatic heterocycles. The van der Waals surface area contributed by atoms with Crippen LogP contribution in [0, 0.1) is 5.82 Å². The number of halogens is 1. The van der Waals surface area contributed by atoms with Crippen molar-refractivity contribution in [3.8, 4) is 0 Å². The second kappa shape index (κ2) is 8.08. The van der Waals surface area contributed by atoms with Crippen LogP contribution in [0.25, 0.3) is 0 Å². The van der Waals surface area contributed by atoms with E-state index in [-0.39, 0.29) is 24.0 Å². The highest BCUT2D eigenvalue weighted by Crippen LogP contribution is 2.18. The number of rotatable bonds is 6. The van der Waals surface area contributed by atoms with E-state index in [9.17, 15) is 14.0 Å². The lowest BCUT2D eigenvalue weighted by molar-refractivity contribution is -0.123. The molecular weight excluding hydrogens is 295 g/mol. The first-order valence-electron chi connectivity index (χ1n) is 7.41. The van der Waals surface area contributed by atoms with Gasteiger partial charge in [-0.15, -0.1) is 0 Å². The van der Waals surface area contributed by atoms with Crippen LogP contribution in [-0.4, -0.2) is 24.9 Å². The van der Waals surface area contributed by atoms with Gasteiger partial charge in [-0.05, 0) is 24.1 Å². The van der Waals surface area contributed by atoms with E-state index in [1.165, 1.54) is 25.1 Å². The van der Waals surface area contributed by atoms with Gasteiger partial charge in [0.15, 0.2) is 0 Å². The zero-order valence-corrected chi connectivity index (χ0v) is 13.0. The Bertz CT molecular complexity index is 674. The lowest BCUT2D eigenvalue weighted by Crippen LogP contribution is -2.40. The summed E-state index contributed by atoms with van der Waals surface area (Å²) in [6.07, 6.45) is 0.701. The second-order valence-corrected chi connectivity index (χ2v) is 5.14. The number of hydrogen-bond donors (Lipinski definition) is 1. The van der Waals surface area contributed by atoms with Crippen molar-refractivity contribution in [2.75, 3.05) is 18.0 Å². The number of anilines is 1. The van der Waals surface area contributed by atoms with Crippen molar-refractivity contribution in [1.82, 2.24) is 5.32 Å². The van der Waals surface area contributed by atoms with Gasteiger partial charge >= 0.3 is 0 Å². The molecule has 1 N–H and O–H groups in total. The van der Waals surface area contributed by atoms with Crippen LogP contribution in [0.1, 0.15) is 12.5 Å². The lowest BCUT2D eigenvalue weighted by Gasteiger charge is -2.21. The maximum atomic E-state index is 13.8. The molecule has 0 radical (unpaired) electrons. The Labute approximate surface area is 134 Å². The molecule has 0 unspecified atom stereocenters. The number of para-hydroxylation sites is 1. The van der Waals surface area contributed by atoms with Crippen molar-refractivity contribution in [3.63, 3.8) is 0 Å². The summed E-state index contributed by atoms with van der Waals surface area (Å²) in [6.45, 7) is 1.57. The van der Waals surface area contributed by atoms with Gasteiger partial charge < -0.3 is 10.2 Å². The second-order valence-electron chi connectivity index (χ2n) is 5.14. The van der Waals surface area contributed by atoms with Crippen molar-refractivity contribution in [3.05, 3.63) is 66.0 Å². The van der Waals surface area contributed by atoms with E-state index in [4.69, 9.17) is 0 Å². The largest absolute Gasteiger partial charge is 0.354 e. The Morgan fingerprint density at radius 2 is 1.70 bits per heavy atom. The van der Waals surface area contributed by atoms with Gasteiger partial charge in [-0.25, -0.2) is 4.39 Å². The van der Waals surface area contributed by atoms with Crippen LogP contribution in [0.5, 0.6) is 0 Å². The first-order valence-corrected chi connectivity index (χ1v) is 7.41. The molecule has 2 amide bonds. The topological polar surface area (TPSA) is 49.4 Å². The lowest BCUT2D eigenvalue weighted by atomic mass is 10.1. The molecule has 120 valence electrons. The van der Waals surface area contributed by atoms with E-state index >= 15 is 0 Å². The normalized spacial score (nSPS) is 10.2. The summed E-state index contributed by atoms with van der Waals surface area (Å²) in [4.78, 5) is 24.8. The van der Waals surface area contributed by atoms with E-state index in [0.29, 0.717) is 13.0 Å². The van der Waals surface area contributed by atoms with Crippen LogP contribution in [0.2, 0.25) is 0 Å². The summed E-state index contributed by atoms with van der Waals surface area (Å²) in [5.74, 6) is -1.23. The molecule has 0 saturated heterocycles. The van der Waals surface area contributed by atoms with Gasteiger partial charge in [-0.1, -0.05) is 42.5 Å². The number of carbonyl (C=O) groups is 2. The van der Waals surface area contributed by atoms with E-state index in [0.717, 1.165) is 10.5 Å². The van der Waals surface area contributed by atoms with E-state index in [1.807, 2.05) is 30.3 Å². The Balaban J connectivity index is 1.91. The molecule has 0 heterocycles. The van der Waals surface area contributed by atoms with Crippen LogP contribution in [0.4, 0.5) is 10.1 Å². The molecular formula is C18H19FN2O2. The van der Waals surface area contributed by atoms with Gasteiger partial charge in [0, 0.05) is 13.5 Å². The highest BCUT2D eigenvalue weighted by Gasteiger charge is 2.18. The third-order valence-electron chi connectivity index (χ3n) is 3.40. The van der Waals surface area contributed by atoms with Crippen molar-refractivity contribution in [1.29, 1.82) is 0 Å². The van der Waals surface area contributed by atoms with Crippen molar-refractivity contribution >= 4 is 17.5 Å². The quantitative estimate of drug-likeness (QED) is 0.891. The molecule has 0 spiro atoms. The van der Waals surface area contributed by atoms with Gasteiger partial charge in [-0.2, -0.15) is 0 Å². The van der Waals surface area contributed by atoms with Crippen LogP contribution in [0.3, 0.4) is 0 Å². The fourth-order valence-corrected chi connectivity index (χ4v) is 2.23. The molecule has 4 nitrogen and oxygen atoms in total. The summed E-state index contributed by atoms with van der Waals surface area (Å²) >= 11 is 0. The van der Waals surface area contributed by atoms with Crippen molar-refractivity contribution < 1.29 is 14.0 Å². The minimum Gasteiger partial charge on any atom is -0.354 e. The first-order chi connectivity index (χ1) is 11.1. The van der Waals surface area contributed by atoms with Gasteiger partial charge in [0.25, 0.3) is 0 Å². The molecule has 2 aromatic carbocycles. The molecule has 0 aliphatic carbocycles. The number of carbonyl (C=O) groups excluding carboxylic acids is 2. The maximum Gasteiger partial charge on any atom is 0.240 e. The van der Waals surface area contributed by atoms with Crippen LogP contribution in [0.15, 0.2) is 54.6 Å². The minimum atomic E-state index is -0.528. The number of amides is 2. The molecule has 0 aliphatic heterocycles. The summed E-state index contributed by atoms with van der Waals surface area (Å²) in [6, 6.07) is 15.7. The van der Waals surface area contributed by atoms with Crippen LogP contribution in [-0.2, 0) is 16.0 Å². The molecule has 23 heavy (non-hydrogen) atoms. The highest BCUT2D eigenvalue weighted by molar-refractivity contribution is 5.97. The van der Waals surface area contributed by atoms with E-state index in [2.05, 4.69) is 5.32 Å². The number of nitrogens with zero attached hydrogens (tertiary/aromatic N) is 1. The molecule has 2 aromatic rings. The predicted octanol–water partition coefficient (Wildman–Crippen LogP) is 2.54. The smallest absolute Gasteiger partial charge is 0.240 e. The maximum absolute atomic E-state index is 13.8. The van der Waals surface area contributed by atoms with Gasteiger partial charge in [-0.3, -0.25) is 9.59 Å². The Hall–Kier alpha value is -2.69. The average molecular weight is 314 g/mol. The first kappa shape index (κ1) is 16.7. The summed E-state index contributed by atoms with van der Waals surface area (Å²) in [7, 11) is 0. The third kappa shape index (κ3) is 4.92. The van der Waals surface area contributed by atoms with Gasteiger partial charge in [0.05, 0.1) is 5.69 Å². The minimum absolute atomic E-state index is 0.109.